The summed E-state index contributed by atoms with van der Waals surface area (Å²) in [5.41, 5.74) is 2.76. The normalized spacial score (nSPS) is 20.0. The van der Waals surface area contributed by atoms with Crippen LogP contribution in [0, 0.1) is 16.0 Å². The van der Waals surface area contributed by atoms with E-state index in [0.717, 1.165) is 22.7 Å². The quantitative estimate of drug-likeness (QED) is 0.562. The highest BCUT2D eigenvalue weighted by Gasteiger charge is 2.42. The van der Waals surface area contributed by atoms with Crippen LogP contribution in [0.25, 0.3) is 0 Å². The maximum absolute atomic E-state index is 13.0. The molecule has 8 nitrogen and oxygen atoms in total. The molecule has 31 heavy (non-hydrogen) atoms. The number of nitrogens with one attached hydrogen (secondary N) is 1. The van der Waals surface area contributed by atoms with Gasteiger partial charge in [-0.25, -0.2) is 0 Å². The van der Waals surface area contributed by atoms with E-state index in [1.807, 2.05) is 25.1 Å². The van der Waals surface area contributed by atoms with Crippen molar-refractivity contribution in [1.29, 1.82) is 0 Å². The molecule has 0 aliphatic carbocycles. The summed E-state index contributed by atoms with van der Waals surface area (Å²) in [7, 11) is 1.63. The number of hydrogen-bond donors (Lipinski definition) is 1. The lowest BCUT2D eigenvalue weighted by Crippen LogP contribution is -2.61. The first-order valence-corrected chi connectivity index (χ1v) is 10.7. The first-order chi connectivity index (χ1) is 14.9. The summed E-state index contributed by atoms with van der Waals surface area (Å²) in [5.74, 6) is 0.385. The molecule has 1 amide bonds. The average Bonchev–Trinajstić information content (AvgIpc) is 2.77. The second kappa shape index (κ2) is 8.63. The first kappa shape index (κ1) is 21.2. The van der Waals surface area contributed by atoms with Gasteiger partial charge < -0.3 is 19.9 Å². The highest BCUT2D eigenvalue weighted by Crippen LogP contribution is 2.40. The van der Waals surface area contributed by atoms with Crippen LogP contribution in [0.5, 0.6) is 5.75 Å². The molecule has 0 saturated carbocycles. The van der Waals surface area contributed by atoms with E-state index in [4.69, 9.17) is 16.3 Å². The monoisotopic (exact) mass is 444 g/mol. The number of fused-ring (bicyclic) bond motifs is 3. The Hall–Kier alpha value is -3.00. The number of rotatable bonds is 5. The molecule has 2 aromatic carbocycles. The third-order valence-electron chi connectivity index (χ3n) is 6.08. The van der Waals surface area contributed by atoms with Gasteiger partial charge >= 0.3 is 0 Å². The molecule has 2 aromatic rings. The SMILES string of the molecule is CCNC(=O)[C@H]1Cc2cc([N+](=O)[O-])ccc2N2CCN(c3cc(Cl)ccc3OC)C[C@@H]12. The summed E-state index contributed by atoms with van der Waals surface area (Å²) in [4.78, 5) is 28.3. The molecule has 2 heterocycles. The van der Waals surface area contributed by atoms with Crippen LogP contribution in [0.3, 0.4) is 0 Å². The Morgan fingerprint density at radius 3 is 2.77 bits per heavy atom. The molecular weight excluding hydrogens is 420 g/mol. The van der Waals surface area contributed by atoms with Crippen LogP contribution >= 0.6 is 11.6 Å². The van der Waals surface area contributed by atoms with Gasteiger partial charge in [0.05, 0.1) is 29.7 Å². The highest BCUT2D eigenvalue weighted by atomic mass is 35.5. The molecule has 0 bridgehead atoms. The fourth-order valence-electron chi connectivity index (χ4n) is 4.66. The zero-order valence-corrected chi connectivity index (χ0v) is 18.3. The van der Waals surface area contributed by atoms with E-state index in [9.17, 15) is 14.9 Å². The molecule has 0 unspecified atom stereocenters. The summed E-state index contributed by atoms with van der Waals surface area (Å²) >= 11 is 6.25. The van der Waals surface area contributed by atoms with Crippen molar-refractivity contribution in [3.8, 4) is 5.75 Å². The summed E-state index contributed by atoms with van der Waals surface area (Å²) < 4.78 is 5.54. The number of carbonyl (C=O) groups is 1. The van der Waals surface area contributed by atoms with E-state index in [1.165, 1.54) is 6.07 Å². The van der Waals surface area contributed by atoms with E-state index in [-0.39, 0.29) is 23.6 Å². The van der Waals surface area contributed by atoms with E-state index < -0.39 is 4.92 Å². The van der Waals surface area contributed by atoms with Gasteiger partial charge in [-0.3, -0.25) is 14.9 Å². The van der Waals surface area contributed by atoms with Crippen LogP contribution in [-0.2, 0) is 11.2 Å². The first-order valence-electron chi connectivity index (χ1n) is 10.3. The van der Waals surface area contributed by atoms with Crippen molar-refractivity contribution < 1.29 is 14.5 Å². The number of nitrogens with zero attached hydrogens (tertiary/aromatic N) is 3. The number of hydrogen-bond acceptors (Lipinski definition) is 6. The lowest BCUT2D eigenvalue weighted by atomic mass is 9.83. The Labute approximate surface area is 185 Å². The third kappa shape index (κ3) is 3.99. The van der Waals surface area contributed by atoms with Gasteiger partial charge in [-0.15, -0.1) is 0 Å². The number of nitro benzene ring substituents is 1. The van der Waals surface area contributed by atoms with Crippen molar-refractivity contribution in [2.45, 2.75) is 19.4 Å². The van der Waals surface area contributed by atoms with Gasteiger partial charge in [-0.1, -0.05) is 11.6 Å². The van der Waals surface area contributed by atoms with Gasteiger partial charge in [-0.2, -0.15) is 0 Å². The summed E-state index contributed by atoms with van der Waals surface area (Å²) in [6.45, 7) is 4.44. The molecule has 2 atom stereocenters. The minimum absolute atomic E-state index is 0.0328. The van der Waals surface area contributed by atoms with Crippen molar-refractivity contribution >= 4 is 34.6 Å². The maximum Gasteiger partial charge on any atom is 0.269 e. The number of non-ortho nitro benzene ring substituents is 1. The fraction of sp³-hybridized carbons (Fsp3) is 0.409. The van der Waals surface area contributed by atoms with E-state index in [2.05, 4.69) is 15.1 Å². The number of carbonyl (C=O) groups excluding carboxylic acids is 1. The van der Waals surface area contributed by atoms with Crippen molar-refractivity contribution in [1.82, 2.24) is 5.32 Å². The number of amides is 1. The number of methoxy groups -OCH3 is 1. The van der Waals surface area contributed by atoms with Gasteiger partial charge in [0.2, 0.25) is 5.91 Å². The van der Waals surface area contributed by atoms with Crippen molar-refractivity contribution in [2.75, 3.05) is 43.1 Å². The molecule has 1 saturated heterocycles. The van der Waals surface area contributed by atoms with Crippen molar-refractivity contribution in [3.63, 3.8) is 0 Å². The summed E-state index contributed by atoms with van der Waals surface area (Å²) in [5, 5.41) is 14.8. The van der Waals surface area contributed by atoms with Gasteiger partial charge in [0.25, 0.3) is 5.69 Å². The molecule has 4 rings (SSSR count). The third-order valence-corrected chi connectivity index (χ3v) is 6.31. The van der Waals surface area contributed by atoms with Gasteiger partial charge in [-0.05, 0) is 43.2 Å². The lowest BCUT2D eigenvalue weighted by Gasteiger charge is -2.49. The van der Waals surface area contributed by atoms with E-state index in [1.54, 1.807) is 19.2 Å². The maximum atomic E-state index is 13.0. The minimum Gasteiger partial charge on any atom is -0.495 e. The van der Waals surface area contributed by atoms with Gasteiger partial charge in [0.15, 0.2) is 0 Å². The van der Waals surface area contributed by atoms with Crippen LogP contribution in [0.1, 0.15) is 12.5 Å². The standard InChI is InChI=1S/C22H25ClN4O4/c1-3-24-22(28)17-11-14-10-16(27(29)30)5-6-18(14)26-9-8-25(13-20(17)26)19-12-15(23)4-7-21(19)31-2/h4-7,10,12,17,20H,3,8-9,11,13H2,1-2H3,(H,24,28)/t17-,20-/m0/s1. The Morgan fingerprint density at radius 2 is 2.06 bits per heavy atom. The number of nitro groups is 1. The highest BCUT2D eigenvalue weighted by molar-refractivity contribution is 6.31. The Kier molecular flexibility index (Phi) is 5.91. The number of halogens is 1. The van der Waals surface area contributed by atoms with Crippen LogP contribution in [-0.4, -0.2) is 50.2 Å². The second-order valence-electron chi connectivity index (χ2n) is 7.80. The second-order valence-corrected chi connectivity index (χ2v) is 8.23. The zero-order valence-electron chi connectivity index (χ0n) is 17.5. The van der Waals surface area contributed by atoms with Gasteiger partial charge in [0.1, 0.15) is 5.75 Å². The van der Waals surface area contributed by atoms with Gasteiger partial charge in [0, 0.05) is 49.0 Å². The molecule has 9 heteroatoms. The fourth-order valence-corrected chi connectivity index (χ4v) is 4.82. The largest absolute Gasteiger partial charge is 0.495 e. The van der Waals surface area contributed by atoms with E-state index >= 15 is 0 Å². The van der Waals surface area contributed by atoms with Crippen LogP contribution in [0.2, 0.25) is 5.02 Å². The van der Waals surface area contributed by atoms with Crippen LogP contribution < -0.4 is 19.9 Å². The molecule has 0 aromatic heterocycles. The number of anilines is 2. The molecule has 0 spiro atoms. The average molecular weight is 445 g/mol. The molecular formula is C22H25ClN4O4. The molecule has 2 aliphatic rings. The topological polar surface area (TPSA) is 87.9 Å². The zero-order chi connectivity index (χ0) is 22.1. The summed E-state index contributed by atoms with van der Waals surface area (Å²) in [6, 6.07) is 10.4. The van der Waals surface area contributed by atoms with Crippen LogP contribution in [0.15, 0.2) is 36.4 Å². The minimum atomic E-state index is -0.392. The number of piperazine rings is 1. The Balaban J connectivity index is 1.70. The Bertz CT molecular complexity index is 1020. The van der Waals surface area contributed by atoms with Crippen molar-refractivity contribution in [2.24, 2.45) is 5.92 Å². The molecule has 1 N–H and O–H groups in total. The molecule has 0 radical (unpaired) electrons. The predicted molar refractivity (Wildman–Crippen MR) is 120 cm³/mol. The van der Waals surface area contributed by atoms with Crippen molar-refractivity contribution in [3.05, 3.63) is 57.1 Å². The predicted octanol–water partition coefficient (Wildman–Crippen LogP) is 3.26. The molecule has 164 valence electrons. The number of benzene rings is 2. The lowest BCUT2D eigenvalue weighted by molar-refractivity contribution is -0.384. The molecule has 2 aliphatic heterocycles. The number of ether oxygens (including phenoxy) is 1. The van der Waals surface area contributed by atoms with Crippen LogP contribution in [0.4, 0.5) is 17.1 Å². The molecule has 1 fully saturated rings. The van der Waals surface area contributed by atoms with E-state index in [0.29, 0.717) is 37.6 Å². The Morgan fingerprint density at radius 1 is 1.26 bits per heavy atom. The smallest absolute Gasteiger partial charge is 0.269 e. The summed E-state index contributed by atoms with van der Waals surface area (Å²) in [6.07, 6.45) is 0.463.